The third kappa shape index (κ3) is 3.40. The van der Waals surface area contributed by atoms with E-state index >= 15 is 0 Å². The lowest BCUT2D eigenvalue weighted by atomic mass is 9.79. The van der Waals surface area contributed by atoms with Crippen molar-refractivity contribution >= 4 is 12.6 Å². The average molecular weight is 346 g/mol. The second kappa shape index (κ2) is 5.81. The molecule has 1 aromatic carbocycles. The first kappa shape index (κ1) is 18.9. The zero-order chi connectivity index (χ0) is 18.7. The van der Waals surface area contributed by atoms with Gasteiger partial charge >= 0.3 is 7.12 Å². The summed E-state index contributed by atoms with van der Waals surface area (Å²) >= 11 is 0. The number of ether oxygens (including phenoxy) is 2. The first-order chi connectivity index (χ1) is 11.3. The predicted molar refractivity (Wildman–Crippen MR) is 100.0 cm³/mol. The maximum Gasteiger partial charge on any atom is 0.494 e. The van der Waals surface area contributed by atoms with Crippen molar-refractivity contribution in [3.63, 3.8) is 0 Å². The van der Waals surface area contributed by atoms with Crippen molar-refractivity contribution in [3.8, 4) is 0 Å². The van der Waals surface area contributed by atoms with E-state index in [0.29, 0.717) is 0 Å². The fourth-order valence-corrected chi connectivity index (χ4v) is 3.03. The van der Waals surface area contributed by atoms with Crippen LogP contribution in [0.1, 0.15) is 61.0 Å². The van der Waals surface area contributed by atoms with Crippen LogP contribution in [0.3, 0.4) is 0 Å². The Hall–Kier alpha value is -0.875. The van der Waals surface area contributed by atoms with Crippen LogP contribution >= 0.6 is 0 Å². The molecule has 0 aromatic heterocycles. The number of benzene rings is 1. The average Bonchev–Trinajstić information content (AvgIpc) is 2.78. The minimum absolute atomic E-state index is 0.215. The molecule has 0 unspecified atom stereocenters. The quantitative estimate of drug-likeness (QED) is 0.786. The van der Waals surface area contributed by atoms with Gasteiger partial charge in [0.2, 0.25) is 0 Å². The zero-order valence-corrected chi connectivity index (χ0v) is 16.8. The van der Waals surface area contributed by atoms with Crippen molar-refractivity contribution in [2.24, 2.45) is 0 Å². The molecule has 0 bridgehead atoms. The Bertz CT molecular complexity index is 602. The third-order valence-corrected chi connectivity index (χ3v) is 6.21. The van der Waals surface area contributed by atoms with Crippen molar-refractivity contribution in [1.29, 1.82) is 0 Å². The minimum Gasteiger partial charge on any atom is -0.399 e. The third-order valence-electron chi connectivity index (χ3n) is 6.21. The highest BCUT2D eigenvalue weighted by Crippen LogP contribution is 2.39. The van der Waals surface area contributed by atoms with Crippen molar-refractivity contribution in [3.05, 3.63) is 29.8 Å². The fourth-order valence-electron chi connectivity index (χ4n) is 3.03. The lowest BCUT2D eigenvalue weighted by Gasteiger charge is -2.32. The molecule has 25 heavy (non-hydrogen) atoms. The molecule has 0 N–H and O–H groups in total. The molecule has 4 nitrogen and oxygen atoms in total. The Morgan fingerprint density at radius 3 is 1.60 bits per heavy atom. The molecule has 2 saturated heterocycles. The van der Waals surface area contributed by atoms with Crippen LogP contribution in [-0.4, -0.2) is 35.8 Å². The first-order valence-electron chi connectivity index (χ1n) is 9.13. The summed E-state index contributed by atoms with van der Waals surface area (Å²) in [6.07, 6.45) is 0.518. The van der Waals surface area contributed by atoms with Gasteiger partial charge in [-0.05, 0) is 66.4 Å². The molecule has 5 heteroatoms. The van der Waals surface area contributed by atoms with E-state index < -0.39 is 0 Å². The normalized spacial score (nSPS) is 27.0. The molecule has 0 amide bonds. The standard InChI is InChI=1S/C20H31BO4/c1-17(2)18(3,4)23-16(22-17)13-14-9-11-15(12-10-14)21-24-19(5,6)20(7,8)25-21/h9-12,16H,13H2,1-8H3. The Morgan fingerprint density at radius 2 is 1.16 bits per heavy atom. The summed E-state index contributed by atoms with van der Waals surface area (Å²) in [5.74, 6) is 0. The molecule has 138 valence electrons. The summed E-state index contributed by atoms with van der Waals surface area (Å²) in [6.45, 7) is 16.6. The molecule has 1 aromatic rings. The highest BCUT2D eigenvalue weighted by Gasteiger charge is 2.52. The maximum absolute atomic E-state index is 6.11. The Kier molecular flexibility index (Phi) is 4.40. The van der Waals surface area contributed by atoms with Crippen LogP contribution in [0, 0.1) is 0 Å². The van der Waals surface area contributed by atoms with Crippen molar-refractivity contribution in [2.75, 3.05) is 0 Å². The molecule has 0 aliphatic carbocycles. The molecule has 2 fully saturated rings. The van der Waals surface area contributed by atoms with Gasteiger partial charge in [-0.25, -0.2) is 0 Å². The Morgan fingerprint density at radius 1 is 0.720 bits per heavy atom. The molecular weight excluding hydrogens is 315 g/mol. The second-order valence-corrected chi connectivity index (χ2v) is 9.22. The molecule has 0 saturated carbocycles. The van der Waals surface area contributed by atoms with Crippen molar-refractivity contribution in [2.45, 2.75) is 90.5 Å². The summed E-state index contributed by atoms with van der Waals surface area (Å²) in [5.41, 5.74) is 0.994. The minimum atomic E-state index is -0.323. The predicted octanol–water partition coefficient (Wildman–Crippen LogP) is 3.46. The lowest BCUT2D eigenvalue weighted by Crippen LogP contribution is -2.41. The van der Waals surface area contributed by atoms with Gasteiger partial charge in [0.05, 0.1) is 22.4 Å². The first-order valence-corrected chi connectivity index (χ1v) is 9.13. The van der Waals surface area contributed by atoms with E-state index in [9.17, 15) is 0 Å². The smallest absolute Gasteiger partial charge is 0.399 e. The molecule has 0 radical (unpaired) electrons. The van der Waals surface area contributed by atoms with E-state index in [-0.39, 0.29) is 35.8 Å². The summed E-state index contributed by atoms with van der Waals surface area (Å²) in [5, 5.41) is 0. The maximum atomic E-state index is 6.11. The van der Waals surface area contributed by atoms with E-state index in [1.807, 2.05) is 0 Å². The van der Waals surface area contributed by atoms with Gasteiger partial charge in [-0.1, -0.05) is 24.3 Å². The summed E-state index contributed by atoms with van der Waals surface area (Å²) in [7, 11) is -0.323. The number of rotatable bonds is 3. The Labute approximate surface area is 152 Å². The molecule has 2 aliphatic rings. The van der Waals surface area contributed by atoms with Crippen LogP contribution in [0.15, 0.2) is 24.3 Å². The van der Waals surface area contributed by atoms with E-state index in [2.05, 4.69) is 79.7 Å². The fraction of sp³-hybridized carbons (Fsp3) is 0.700. The highest BCUT2D eigenvalue weighted by molar-refractivity contribution is 6.62. The molecule has 2 heterocycles. The lowest BCUT2D eigenvalue weighted by molar-refractivity contribution is -0.0845. The van der Waals surface area contributed by atoms with Gasteiger partial charge in [0, 0.05) is 6.42 Å². The molecule has 2 aliphatic heterocycles. The van der Waals surface area contributed by atoms with Gasteiger partial charge in [0.25, 0.3) is 0 Å². The van der Waals surface area contributed by atoms with Crippen LogP contribution in [0.4, 0.5) is 0 Å². The van der Waals surface area contributed by atoms with Gasteiger partial charge in [0.1, 0.15) is 0 Å². The number of hydrogen-bond acceptors (Lipinski definition) is 4. The largest absolute Gasteiger partial charge is 0.494 e. The van der Waals surface area contributed by atoms with Crippen LogP contribution in [-0.2, 0) is 25.2 Å². The molecule has 0 atom stereocenters. The van der Waals surface area contributed by atoms with Crippen molar-refractivity contribution in [1.82, 2.24) is 0 Å². The molecule has 0 spiro atoms. The topological polar surface area (TPSA) is 36.9 Å². The SMILES string of the molecule is CC1(C)OB(c2ccc(CC3OC(C)(C)C(C)(C)O3)cc2)OC1(C)C. The van der Waals surface area contributed by atoms with Crippen LogP contribution < -0.4 is 5.46 Å². The summed E-state index contributed by atoms with van der Waals surface area (Å²) < 4.78 is 24.4. The van der Waals surface area contributed by atoms with Crippen LogP contribution in [0.5, 0.6) is 0 Å². The van der Waals surface area contributed by atoms with Gasteiger partial charge in [0.15, 0.2) is 6.29 Å². The Balaban J connectivity index is 1.66. The summed E-state index contributed by atoms with van der Waals surface area (Å²) in [4.78, 5) is 0. The van der Waals surface area contributed by atoms with Crippen molar-refractivity contribution < 1.29 is 18.8 Å². The van der Waals surface area contributed by atoms with Crippen LogP contribution in [0.25, 0.3) is 0 Å². The monoisotopic (exact) mass is 346 g/mol. The van der Waals surface area contributed by atoms with Gasteiger partial charge in [-0.3, -0.25) is 0 Å². The second-order valence-electron chi connectivity index (χ2n) is 9.22. The summed E-state index contributed by atoms with van der Waals surface area (Å²) in [6, 6.07) is 8.35. The van der Waals surface area contributed by atoms with E-state index in [0.717, 1.165) is 11.9 Å². The van der Waals surface area contributed by atoms with Gasteiger partial charge in [-0.2, -0.15) is 0 Å². The van der Waals surface area contributed by atoms with E-state index in [4.69, 9.17) is 18.8 Å². The zero-order valence-electron chi connectivity index (χ0n) is 16.8. The van der Waals surface area contributed by atoms with E-state index in [1.54, 1.807) is 0 Å². The number of hydrogen-bond donors (Lipinski definition) is 0. The van der Waals surface area contributed by atoms with E-state index in [1.165, 1.54) is 5.56 Å². The molecule has 3 rings (SSSR count). The van der Waals surface area contributed by atoms with Crippen LogP contribution in [0.2, 0.25) is 0 Å². The van der Waals surface area contributed by atoms with Gasteiger partial charge in [-0.15, -0.1) is 0 Å². The molecular formula is C20H31BO4. The highest BCUT2D eigenvalue weighted by atomic mass is 16.7. The van der Waals surface area contributed by atoms with Gasteiger partial charge < -0.3 is 18.8 Å².